The predicted octanol–water partition coefficient (Wildman–Crippen LogP) is 4.01. The zero-order valence-electron chi connectivity index (χ0n) is 12.6. The Morgan fingerprint density at radius 3 is 2.38 bits per heavy atom. The molecular weight excluding hydrogens is 374 g/mol. The molecule has 0 amide bonds. The number of rotatable bonds is 4. The lowest BCUT2D eigenvalue weighted by molar-refractivity contribution is 0.516. The minimum absolute atomic E-state index is 0.180. The van der Waals surface area contributed by atoms with E-state index < -0.39 is 10.0 Å². The lowest BCUT2D eigenvalue weighted by Crippen LogP contribution is -2.14. The fourth-order valence-corrected chi connectivity index (χ4v) is 5.79. The number of aromatic nitrogens is 2. The van der Waals surface area contributed by atoms with Crippen molar-refractivity contribution in [1.29, 1.82) is 0 Å². The molecule has 0 aromatic carbocycles. The van der Waals surface area contributed by atoms with Gasteiger partial charge in [-0.3, -0.25) is 9.40 Å². The van der Waals surface area contributed by atoms with Gasteiger partial charge >= 0.3 is 0 Å². The summed E-state index contributed by atoms with van der Waals surface area (Å²) >= 11 is 4.72. The van der Waals surface area contributed by atoms with Crippen LogP contribution >= 0.6 is 27.3 Å². The number of sulfonamides is 1. The Balaban J connectivity index is 2.45. The lowest BCUT2D eigenvalue weighted by Gasteiger charge is -2.10. The summed E-state index contributed by atoms with van der Waals surface area (Å²) in [5.41, 5.74) is 2.06. The molecule has 0 atom stereocenters. The second-order valence-electron chi connectivity index (χ2n) is 5.16. The highest BCUT2D eigenvalue weighted by Crippen LogP contribution is 2.32. The van der Waals surface area contributed by atoms with E-state index in [0.717, 1.165) is 14.4 Å². The van der Waals surface area contributed by atoms with Crippen LogP contribution in [0.25, 0.3) is 0 Å². The van der Waals surface area contributed by atoms with Crippen molar-refractivity contribution in [3.8, 4) is 0 Å². The van der Waals surface area contributed by atoms with E-state index in [1.165, 1.54) is 11.3 Å². The van der Waals surface area contributed by atoms with E-state index in [2.05, 4.69) is 25.8 Å². The van der Waals surface area contributed by atoms with Crippen LogP contribution in [0.15, 0.2) is 14.7 Å². The quantitative estimate of drug-likeness (QED) is 0.855. The van der Waals surface area contributed by atoms with Gasteiger partial charge in [-0.05, 0) is 56.6 Å². The molecule has 2 aromatic rings. The summed E-state index contributed by atoms with van der Waals surface area (Å²) < 4.78 is 30.4. The van der Waals surface area contributed by atoms with Gasteiger partial charge in [0.15, 0.2) is 0 Å². The number of hydrogen-bond acceptors (Lipinski definition) is 4. The highest BCUT2D eigenvalue weighted by atomic mass is 79.9. The number of nitrogens with zero attached hydrogens (tertiary/aromatic N) is 2. The van der Waals surface area contributed by atoms with E-state index in [0.29, 0.717) is 16.3 Å². The third-order valence-electron chi connectivity index (χ3n) is 3.18. The van der Waals surface area contributed by atoms with E-state index >= 15 is 0 Å². The number of halogens is 1. The molecule has 2 heterocycles. The Morgan fingerprint density at radius 1 is 1.33 bits per heavy atom. The molecule has 0 saturated carbocycles. The molecule has 0 aliphatic heterocycles. The summed E-state index contributed by atoms with van der Waals surface area (Å²) in [4.78, 5) is 1.05. The van der Waals surface area contributed by atoms with Gasteiger partial charge in [0.25, 0.3) is 10.0 Å². The molecule has 0 spiro atoms. The summed E-state index contributed by atoms with van der Waals surface area (Å²) in [5, 5.41) is 4.40. The van der Waals surface area contributed by atoms with Crippen LogP contribution in [0, 0.1) is 20.8 Å². The average molecular weight is 392 g/mol. The first kappa shape index (κ1) is 16.5. The van der Waals surface area contributed by atoms with Gasteiger partial charge in [0.05, 0.1) is 20.9 Å². The SMILES string of the molecule is Cc1nn(C(C)C)c(C)c1NS(=O)(=O)c1cc(Br)sc1C. The van der Waals surface area contributed by atoms with E-state index in [1.807, 2.05) is 25.5 Å². The number of nitrogens with one attached hydrogen (secondary N) is 1. The minimum atomic E-state index is -3.60. The van der Waals surface area contributed by atoms with Gasteiger partial charge in [0.2, 0.25) is 0 Å². The maximum Gasteiger partial charge on any atom is 0.263 e. The van der Waals surface area contributed by atoms with Crippen molar-refractivity contribution < 1.29 is 8.42 Å². The molecule has 0 radical (unpaired) electrons. The van der Waals surface area contributed by atoms with Crippen molar-refractivity contribution in [2.75, 3.05) is 4.72 Å². The van der Waals surface area contributed by atoms with Crippen molar-refractivity contribution in [3.63, 3.8) is 0 Å². The van der Waals surface area contributed by atoms with E-state index in [9.17, 15) is 8.42 Å². The summed E-state index contributed by atoms with van der Waals surface area (Å²) in [6.07, 6.45) is 0. The second-order valence-corrected chi connectivity index (χ2v) is 9.45. The van der Waals surface area contributed by atoms with Crippen LogP contribution in [0.2, 0.25) is 0 Å². The van der Waals surface area contributed by atoms with Crippen molar-refractivity contribution >= 4 is 43.0 Å². The molecule has 0 bridgehead atoms. The van der Waals surface area contributed by atoms with Crippen molar-refractivity contribution in [1.82, 2.24) is 9.78 Å². The Kier molecular flexibility index (Phi) is 4.51. The van der Waals surface area contributed by atoms with Crippen molar-refractivity contribution in [3.05, 3.63) is 26.1 Å². The van der Waals surface area contributed by atoms with Crippen LogP contribution in [0.1, 0.15) is 36.2 Å². The van der Waals surface area contributed by atoms with E-state index in [1.54, 1.807) is 19.9 Å². The first-order valence-corrected chi connectivity index (χ1v) is 9.57. The smallest absolute Gasteiger partial charge is 0.263 e. The standard InChI is InChI=1S/C13H18BrN3O2S2/c1-7(2)17-9(4)13(8(3)15-17)16-21(18,19)11-6-12(14)20-10(11)5/h6-7,16H,1-5H3. The zero-order chi connectivity index (χ0) is 15.9. The fourth-order valence-electron chi connectivity index (χ4n) is 2.20. The van der Waals surface area contributed by atoms with Gasteiger partial charge in [0, 0.05) is 10.9 Å². The Hall–Kier alpha value is -0.860. The average Bonchev–Trinajstić information content (AvgIpc) is 2.83. The summed E-state index contributed by atoms with van der Waals surface area (Å²) in [7, 11) is -3.60. The third kappa shape index (κ3) is 3.17. The van der Waals surface area contributed by atoms with Crippen LogP contribution in [0.5, 0.6) is 0 Å². The summed E-state index contributed by atoms with van der Waals surface area (Å²) in [6.45, 7) is 9.49. The van der Waals surface area contributed by atoms with Gasteiger partial charge in [-0.1, -0.05) is 0 Å². The van der Waals surface area contributed by atoms with Gasteiger partial charge < -0.3 is 0 Å². The molecule has 2 rings (SSSR count). The van der Waals surface area contributed by atoms with Gasteiger partial charge in [-0.25, -0.2) is 8.42 Å². The monoisotopic (exact) mass is 391 g/mol. The number of thiophene rings is 1. The summed E-state index contributed by atoms with van der Waals surface area (Å²) in [6, 6.07) is 1.80. The molecule has 0 saturated heterocycles. The normalized spacial score (nSPS) is 12.1. The van der Waals surface area contributed by atoms with Crippen LogP contribution in [0.3, 0.4) is 0 Å². The van der Waals surface area contributed by atoms with Gasteiger partial charge in [0.1, 0.15) is 4.90 Å². The molecule has 0 unspecified atom stereocenters. The molecule has 8 heteroatoms. The van der Waals surface area contributed by atoms with Crippen LogP contribution in [-0.2, 0) is 10.0 Å². The largest absolute Gasteiger partial charge is 0.276 e. The molecular formula is C13H18BrN3O2S2. The van der Waals surface area contributed by atoms with Gasteiger partial charge in [-0.15, -0.1) is 11.3 Å². The topological polar surface area (TPSA) is 64.0 Å². The molecule has 0 fully saturated rings. The third-order valence-corrected chi connectivity index (χ3v) is 6.34. The Labute approximate surface area is 137 Å². The van der Waals surface area contributed by atoms with Crippen LogP contribution in [-0.4, -0.2) is 18.2 Å². The predicted molar refractivity (Wildman–Crippen MR) is 89.7 cm³/mol. The number of anilines is 1. The molecule has 0 aliphatic rings. The Morgan fingerprint density at radius 2 is 1.95 bits per heavy atom. The van der Waals surface area contributed by atoms with Crippen LogP contribution < -0.4 is 4.72 Å². The first-order chi connectivity index (χ1) is 9.63. The lowest BCUT2D eigenvalue weighted by atomic mass is 10.3. The highest BCUT2D eigenvalue weighted by molar-refractivity contribution is 9.11. The molecule has 21 heavy (non-hydrogen) atoms. The highest BCUT2D eigenvalue weighted by Gasteiger charge is 2.23. The molecule has 2 aromatic heterocycles. The molecule has 0 aliphatic carbocycles. The van der Waals surface area contributed by atoms with E-state index in [4.69, 9.17) is 0 Å². The van der Waals surface area contributed by atoms with Crippen molar-refractivity contribution in [2.45, 2.75) is 45.6 Å². The molecule has 5 nitrogen and oxygen atoms in total. The van der Waals surface area contributed by atoms with E-state index in [-0.39, 0.29) is 6.04 Å². The minimum Gasteiger partial charge on any atom is -0.276 e. The second kappa shape index (κ2) is 5.73. The molecule has 1 N–H and O–H groups in total. The maximum absolute atomic E-state index is 12.6. The Bertz CT molecular complexity index is 776. The zero-order valence-corrected chi connectivity index (χ0v) is 15.8. The maximum atomic E-state index is 12.6. The summed E-state index contributed by atoms with van der Waals surface area (Å²) in [5.74, 6) is 0. The van der Waals surface area contributed by atoms with Gasteiger partial charge in [-0.2, -0.15) is 5.10 Å². The van der Waals surface area contributed by atoms with Crippen molar-refractivity contribution in [2.24, 2.45) is 0 Å². The first-order valence-electron chi connectivity index (χ1n) is 6.48. The fraction of sp³-hybridized carbons (Fsp3) is 0.462. The number of hydrogen-bond donors (Lipinski definition) is 1. The molecule has 116 valence electrons. The van der Waals surface area contributed by atoms with Crippen LogP contribution in [0.4, 0.5) is 5.69 Å². The number of aryl methyl sites for hydroxylation is 2.